The number of amides is 2. The number of likely N-dealkylation sites (tertiary alicyclic amines) is 1. The van der Waals surface area contributed by atoms with Crippen LogP contribution in [0.3, 0.4) is 0 Å². The van der Waals surface area contributed by atoms with Crippen molar-refractivity contribution in [3.05, 3.63) is 35.6 Å². The van der Waals surface area contributed by atoms with Gasteiger partial charge in [0.25, 0.3) is 0 Å². The van der Waals surface area contributed by atoms with Crippen molar-refractivity contribution in [1.29, 1.82) is 0 Å². The topological polar surface area (TPSA) is 49.4 Å². The molecule has 2 atom stereocenters. The van der Waals surface area contributed by atoms with Gasteiger partial charge in [0.1, 0.15) is 5.82 Å². The summed E-state index contributed by atoms with van der Waals surface area (Å²) in [6, 6.07) is 5.78. The highest BCUT2D eigenvalue weighted by Gasteiger charge is 2.39. The third-order valence-electron chi connectivity index (χ3n) is 5.20. The first kappa shape index (κ1) is 16.0. The summed E-state index contributed by atoms with van der Waals surface area (Å²) in [7, 11) is 1.72. The molecule has 2 unspecified atom stereocenters. The lowest BCUT2D eigenvalue weighted by atomic mass is 9.83. The van der Waals surface area contributed by atoms with Crippen molar-refractivity contribution in [2.75, 3.05) is 13.6 Å². The quantitative estimate of drug-likeness (QED) is 0.928. The molecule has 4 nitrogen and oxygen atoms in total. The lowest BCUT2D eigenvalue weighted by molar-refractivity contribution is -0.141. The van der Waals surface area contributed by atoms with Crippen LogP contribution in [0.5, 0.6) is 0 Å². The van der Waals surface area contributed by atoms with Crippen LogP contribution in [0.15, 0.2) is 24.3 Å². The van der Waals surface area contributed by atoms with Gasteiger partial charge in [0, 0.05) is 20.0 Å². The predicted molar refractivity (Wildman–Crippen MR) is 85.0 cm³/mol. The Kier molecular flexibility index (Phi) is 4.64. The van der Waals surface area contributed by atoms with E-state index in [-0.39, 0.29) is 29.6 Å². The highest BCUT2D eigenvalue weighted by Crippen LogP contribution is 2.36. The normalized spacial score (nSPS) is 25.1. The average Bonchev–Trinajstić information content (AvgIpc) is 2.49. The van der Waals surface area contributed by atoms with Gasteiger partial charge in [-0.05, 0) is 42.9 Å². The summed E-state index contributed by atoms with van der Waals surface area (Å²) in [5.74, 6) is 0.0480. The maximum atomic E-state index is 13.2. The second-order valence-electron chi connectivity index (χ2n) is 6.69. The molecule has 2 amide bonds. The molecule has 1 aliphatic carbocycles. The number of benzene rings is 1. The summed E-state index contributed by atoms with van der Waals surface area (Å²) in [5.41, 5.74) is 0.811. The molecule has 1 aliphatic heterocycles. The van der Waals surface area contributed by atoms with E-state index >= 15 is 0 Å². The van der Waals surface area contributed by atoms with E-state index in [1.165, 1.54) is 31.4 Å². The van der Waals surface area contributed by atoms with Gasteiger partial charge in [-0.2, -0.15) is 0 Å². The van der Waals surface area contributed by atoms with Gasteiger partial charge >= 0.3 is 0 Å². The number of nitrogens with one attached hydrogen (secondary N) is 1. The molecule has 1 aromatic rings. The van der Waals surface area contributed by atoms with E-state index < -0.39 is 0 Å². The van der Waals surface area contributed by atoms with Gasteiger partial charge in [0.05, 0.1) is 12.0 Å². The molecular formula is C18H23FN2O2. The van der Waals surface area contributed by atoms with E-state index in [9.17, 15) is 14.0 Å². The minimum absolute atomic E-state index is 0.00516. The van der Waals surface area contributed by atoms with Crippen LogP contribution < -0.4 is 5.32 Å². The molecule has 1 heterocycles. The Hall–Kier alpha value is -1.91. The van der Waals surface area contributed by atoms with Crippen molar-refractivity contribution >= 4 is 11.8 Å². The minimum atomic E-state index is -0.321. The lowest BCUT2D eigenvalue weighted by Crippen LogP contribution is -2.47. The summed E-state index contributed by atoms with van der Waals surface area (Å²) in [5, 5.41) is 3.05. The second kappa shape index (κ2) is 6.69. The summed E-state index contributed by atoms with van der Waals surface area (Å²) < 4.78 is 13.2. The lowest BCUT2D eigenvalue weighted by Gasteiger charge is -2.39. The molecule has 0 aromatic heterocycles. The van der Waals surface area contributed by atoms with E-state index in [0.29, 0.717) is 18.8 Å². The zero-order valence-electron chi connectivity index (χ0n) is 13.4. The van der Waals surface area contributed by atoms with Crippen LogP contribution in [0.2, 0.25) is 0 Å². The fourth-order valence-electron chi connectivity index (χ4n) is 3.50. The maximum absolute atomic E-state index is 13.2. The molecule has 1 aromatic carbocycles. The van der Waals surface area contributed by atoms with Gasteiger partial charge in [-0.3, -0.25) is 9.59 Å². The molecule has 2 fully saturated rings. The molecule has 0 bridgehead atoms. The Morgan fingerprint density at radius 3 is 2.57 bits per heavy atom. The van der Waals surface area contributed by atoms with Crippen molar-refractivity contribution < 1.29 is 14.0 Å². The SMILES string of the molecule is CN1C(=O)CCC(C(=O)NCC2CCC2)C1c1ccc(F)cc1. The van der Waals surface area contributed by atoms with E-state index in [2.05, 4.69) is 5.32 Å². The van der Waals surface area contributed by atoms with Crippen molar-refractivity contribution in [2.45, 2.75) is 38.1 Å². The monoisotopic (exact) mass is 318 g/mol. The molecule has 23 heavy (non-hydrogen) atoms. The molecule has 1 saturated carbocycles. The molecule has 2 aliphatic rings. The maximum Gasteiger partial charge on any atom is 0.225 e. The van der Waals surface area contributed by atoms with Crippen LogP contribution in [0.4, 0.5) is 4.39 Å². The molecule has 1 N–H and O–H groups in total. The highest BCUT2D eigenvalue weighted by atomic mass is 19.1. The van der Waals surface area contributed by atoms with E-state index in [1.54, 1.807) is 24.1 Å². The number of carbonyl (C=O) groups excluding carboxylic acids is 2. The molecule has 0 spiro atoms. The number of nitrogens with zero attached hydrogens (tertiary/aromatic N) is 1. The third kappa shape index (κ3) is 3.38. The Bertz CT molecular complexity index is 583. The Balaban J connectivity index is 1.76. The van der Waals surface area contributed by atoms with Crippen LogP contribution in [0.25, 0.3) is 0 Å². The summed E-state index contributed by atoms with van der Waals surface area (Å²) >= 11 is 0. The summed E-state index contributed by atoms with van der Waals surface area (Å²) in [6.45, 7) is 0.725. The fourth-order valence-corrected chi connectivity index (χ4v) is 3.50. The number of rotatable bonds is 4. The summed E-state index contributed by atoms with van der Waals surface area (Å²) in [6.07, 6.45) is 4.55. The number of hydrogen-bond donors (Lipinski definition) is 1. The first-order valence-corrected chi connectivity index (χ1v) is 8.35. The first-order chi connectivity index (χ1) is 11.1. The van der Waals surface area contributed by atoms with Gasteiger partial charge in [-0.1, -0.05) is 18.6 Å². The van der Waals surface area contributed by atoms with E-state index in [4.69, 9.17) is 0 Å². The van der Waals surface area contributed by atoms with Crippen LogP contribution in [0, 0.1) is 17.7 Å². The zero-order chi connectivity index (χ0) is 16.4. The van der Waals surface area contributed by atoms with Crippen LogP contribution in [-0.2, 0) is 9.59 Å². The Morgan fingerprint density at radius 1 is 1.26 bits per heavy atom. The number of halogens is 1. The molecule has 5 heteroatoms. The second-order valence-corrected chi connectivity index (χ2v) is 6.69. The van der Waals surface area contributed by atoms with Gasteiger partial charge in [-0.15, -0.1) is 0 Å². The standard InChI is InChI=1S/C18H23FN2O2/c1-21-16(22)10-9-15(18(23)20-11-12-3-2-4-12)17(21)13-5-7-14(19)8-6-13/h5-8,12,15,17H,2-4,9-11H2,1H3,(H,20,23). The van der Waals surface area contributed by atoms with E-state index in [1.807, 2.05) is 0 Å². The van der Waals surface area contributed by atoms with Gasteiger partial charge < -0.3 is 10.2 Å². The highest BCUT2D eigenvalue weighted by molar-refractivity contribution is 5.84. The van der Waals surface area contributed by atoms with Gasteiger partial charge in [-0.25, -0.2) is 4.39 Å². The average molecular weight is 318 g/mol. The first-order valence-electron chi connectivity index (χ1n) is 8.35. The van der Waals surface area contributed by atoms with Crippen molar-refractivity contribution in [3.8, 4) is 0 Å². The molecule has 0 radical (unpaired) electrons. The van der Waals surface area contributed by atoms with Crippen LogP contribution in [0.1, 0.15) is 43.7 Å². The van der Waals surface area contributed by atoms with Gasteiger partial charge in [0.15, 0.2) is 0 Å². The molecular weight excluding hydrogens is 295 g/mol. The van der Waals surface area contributed by atoms with Crippen molar-refractivity contribution in [2.24, 2.45) is 11.8 Å². The third-order valence-corrected chi connectivity index (χ3v) is 5.20. The summed E-state index contributed by atoms with van der Waals surface area (Å²) in [4.78, 5) is 26.3. The Labute approximate surface area is 136 Å². The Morgan fingerprint density at radius 2 is 1.96 bits per heavy atom. The minimum Gasteiger partial charge on any atom is -0.356 e. The fraction of sp³-hybridized carbons (Fsp3) is 0.556. The number of hydrogen-bond acceptors (Lipinski definition) is 2. The smallest absolute Gasteiger partial charge is 0.225 e. The number of carbonyl (C=O) groups is 2. The largest absolute Gasteiger partial charge is 0.356 e. The van der Waals surface area contributed by atoms with Crippen molar-refractivity contribution in [3.63, 3.8) is 0 Å². The molecule has 124 valence electrons. The number of piperidine rings is 1. The van der Waals surface area contributed by atoms with Crippen LogP contribution in [-0.4, -0.2) is 30.3 Å². The van der Waals surface area contributed by atoms with Crippen molar-refractivity contribution in [1.82, 2.24) is 10.2 Å². The van der Waals surface area contributed by atoms with E-state index in [0.717, 1.165) is 12.1 Å². The predicted octanol–water partition coefficient (Wildman–Crippen LogP) is 2.65. The zero-order valence-corrected chi connectivity index (χ0v) is 13.4. The van der Waals surface area contributed by atoms with Gasteiger partial charge in [0.2, 0.25) is 11.8 Å². The molecule has 3 rings (SSSR count). The molecule has 1 saturated heterocycles. The van der Waals surface area contributed by atoms with Crippen LogP contribution >= 0.6 is 0 Å².